The lowest BCUT2D eigenvalue weighted by molar-refractivity contribution is 0.0948. The molecule has 6 nitrogen and oxygen atoms in total. The average molecular weight is 429 g/mol. The molecule has 1 aliphatic rings. The van der Waals surface area contributed by atoms with Crippen LogP contribution in [0.4, 0.5) is 0 Å². The zero-order valence-corrected chi connectivity index (χ0v) is 16.3. The predicted molar refractivity (Wildman–Crippen MR) is 98.9 cm³/mol. The van der Waals surface area contributed by atoms with Crippen molar-refractivity contribution in [3.8, 4) is 11.5 Å². The number of aromatic amines is 1. The highest BCUT2D eigenvalue weighted by Crippen LogP contribution is 2.38. The van der Waals surface area contributed by atoms with Gasteiger partial charge in [0, 0.05) is 6.54 Å². The first-order valence-corrected chi connectivity index (χ1v) is 9.24. The van der Waals surface area contributed by atoms with Gasteiger partial charge >= 0.3 is 0 Å². The highest BCUT2D eigenvalue weighted by molar-refractivity contribution is 9.10. The molecule has 134 valence electrons. The van der Waals surface area contributed by atoms with Crippen molar-refractivity contribution >= 4 is 33.4 Å². The second-order valence-corrected chi connectivity index (χ2v) is 7.26. The van der Waals surface area contributed by atoms with Crippen LogP contribution in [-0.4, -0.2) is 35.9 Å². The smallest absolute Gasteiger partial charge is 0.272 e. The Balaban J connectivity index is 1.61. The topological polar surface area (TPSA) is 76.2 Å². The average Bonchev–Trinajstić information content (AvgIpc) is 2.97. The number of H-pyrrole nitrogens is 1. The molecule has 1 aromatic carbocycles. The fourth-order valence-corrected chi connectivity index (χ4v) is 3.69. The van der Waals surface area contributed by atoms with Gasteiger partial charge in [0.1, 0.15) is 13.2 Å². The summed E-state index contributed by atoms with van der Waals surface area (Å²) in [5, 5.41) is 10.4. The Labute approximate surface area is 159 Å². The number of nitrogens with one attached hydrogen (secondary N) is 2. The van der Waals surface area contributed by atoms with Crippen molar-refractivity contribution in [1.82, 2.24) is 15.5 Å². The van der Waals surface area contributed by atoms with Crippen LogP contribution in [0.2, 0.25) is 5.02 Å². The molecule has 0 atom stereocenters. The first-order valence-electron chi connectivity index (χ1n) is 8.07. The third kappa shape index (κ3) is 3.93. The number of hydrogen-bond donors (Lipinski definition) is 2. The molecule has 8 heteroatoms. The van der Waals surface area contributed by atoms with E-state index in [0.717, 1.165) is 11.3 Å². The molecule has 0 saturated carbocycles. The molecule has 2 N–H and O–H groups in total. The van der Waals surface area contributed by atoms with Gasteiger partial charge in [-0.1, -0.05) is 25.4 Å². The number of hydrogen-bond acceptors (Lipinski definition) is 4. The van der Waals surface area contributed by atoms with Crippen LogP contribution < -0.4 is 14.8 Å². The highest BCUT2D eigenvalue weighted by Gasteiger charge is 2.19. The molecule has 0 radical (unpaired) electrons. The molecule has 3 rings (SSSR count). The zero-order valence-electron chi connectivity index (χ0n) is 14.0. The van der Waals surface area contributed by atoms with Crippen LogP contribution in [0.15, 0.2) is 16.6 Å². The van der Waals surface area contributed by atoms with Gasteiger partial charge in [0.25, 0.3) is 5.91 Å². The molecule has 0 fully saturated rings. The quantitative estimate of drug-likeness (QED) is 0.761. The molecule has 25 heavy (non-hydrogen) atoms. The number of aromatic nitrogens is 2. The maximum absolute atomic E-state index is 12.3. The first-order chi connectivity index (χ1) is 12.0. The molecule has 0 spiro atoms. The van der Waals surface area contributed by atoms with Crippen LogP contribution in [0.5, 0.6) is 11.5 Å². The maximum atomic E-state index is 12.3. The van der Waals surface area contributed by atoms with Crippen molar-refractivity contribution in [2.45, 2.75) is 26.2 Å². The number of nitrogens with zero attached hydrogens (tertiary/aromatic N) is 1. The van der Waals surface area contributed by atoms with Gasteiger partial charge in [0.15, 0.2) is 17.2 Å². The molecule has 1 amide bonds. The lowest BCUT2D eigenvalue weighted by Gasteiger charge is -2.20. The number of amides is 1. The van der Waals surface area contributed by atoms with Crippen LogP contribution in [-0.2, 0) is 6.42 Å². The van der Waals surface area contributed by atoms with Gasteiger partial charge in [0.2, 0.25) is 0 Å². The summed E-state index contributed by atoms with van der Waals surface area (Å²) < 4.78 is 11.8. The molecule has 2 aromatic rings. The largest absolute Gasteiger partial charge is 0.486 e. The summed E-state index contributed by atoms with van der Waals surface area (Å²) in [5.74, 6) is 1.26. The standard InChI is InChI=1S/C17H19BrClN3O3/c1-9(2)14-13(18)15(22-21-14)17(23)20-4-3-10-7-11(19)16-12(8-10)24-5-6-25-16/h7-9H,3-6H2,1-2H3,(H,20,23)(H,21,22). The van der Waals surface area contributed by atoms with E-state index in [4.69, 9.17) is 21.1 Å². The Kier molecular flexibility index (Phi) is 5.54. The van der Waals surface area contributed by atoms with Crippen molar-refractivity contribution in [3.05, 3.63) is 38.6 Å². The third-order valence-corrected chi connectivity index (χ3v) is 4.96. The van der Waals surface area contributed by atoms with Gasteiger partial charge in [-0.2, -0.15) is 5.10 Å². The number of carbonyl (C=O) groups excluding carboxylic acids is 1. The van der Waals surface area contributed by atoms with Gasteiger partial charge in [-0.3, -0.25) is 9.89 Å². The van der Waals surface area contributed by atoms with Crippen LogP contribution in [0.25, 0.3) is 0 Å². The minimum absolute atomic E-state index is 0.223. The molecular weight excluding hydrogens is 410 g/mol. The van der Waals surface area contributed by atoms with Gasteiger partial charge in [-0.05, 0) is 46.0 Å². The third-order valence-electron chi connectivity index (χ3n) is 3.88. The number of rotatable bonds is 5. The van der Waals surface area contributed by atoms with Crippen molar-refractivity contribution in [2.75, 3.05) is 19.8 Å². The molecule has 0 aliphatic carbocycles. The Morgan fingerprint density at radius 1 is 1.40 bits per heavy atom. The Hall–Kier alpha value is -1.73. The summed E-state index contributed by atoms with van der Waals surface area (Å²) in [6.07, 6.45) is 0.626. The Morgan fingerprint density at radius 3 is 2.88 bits per heavy atom. The predicted octanol–water partition coefficient (Wildman–Crippen LogP) is 3.69. The molecule has 0 unspecified atom stereocenters. The molecule has 0 saturated heterocycles. The van der Waals surface area contributed by atoms with Gasteiger partial charge in [-0.25, -0.2) is 0 Å². The minimum atomic E-state index is -0.223. The van der Waals surface area contributed by atoms with E-state index in [1.807, 2.05) is 26.0 Å². The van der Waals surface area contributed by atoms with Crippen molar-refractivity contribution in [2.24, 2.45) is 0 Å². The van der Waals surface area contributed by atoms with Gasteiger partial charge in [0.05, 0.1) is 15.2 Å². The van der Waals surface area contributed by atoms with Crippen LogP contribution in [0, 0.1) is 0 Å². The molecule has 1 aromatic heterocycles. The number of carbonyl (C=O) groups is 1. The normalized spacial score (nSPS) is 13.2. The summed E-state index contributed by atoms with van der Waals surface area (Å²) >= 11 is 9.66. The van der Waals surface area contributed by atoms with E-state index >= 15 is 0 Å². The number of halogens is 2. The lowest BCUT2D eigenvalue weighted by Crippen LogP contribution is -2.26. The van der Waals surface area contributed by atoms with E-state index in [-0.39, 0.29) is 11.8 Å². The van der Waals surface area contributed by atoms with E-state index in [9.17, 15) is 4.79 Å². The SMILES string of the molecule is CC(C)c1[nH]nc(C(=O)NCCc2cc(Cl)c3c(c2)OCCO3)c1Br. The van der Waals surface area contributed by atoms with Crippen LogP contribution in [0.3, 0.4) is 0 Å². The van der Waals surface area contributed by atoms with Crippen molar-refractivity contribution < 1.29 is 14.3 Å². The molecule has 2 heterocycles. The fourth-order valence-electron chi connectivity index (χ4n) is 2.59. The monoisotopic (exact) mass is 427 g/mol. The van der Waals surface area contributed by atoms with Gasteiger partial charge < -0.3 is 14.8 Å². The van der Waals surface area contributed by atoms with E-state index in [1.165, 1.54) is 0 Å². The van der Waals surface area contributed by atoms with E-state index in [2.05, 4.69) is 31.4 Å². The fraction of sp³-hybridized carbons (Fsp3) is 0.412. The van der Waals surface area contributed by atoms with Gasteiger partial charge in [-0.15, -0.1) is 0 Å². The van der Waals surface area contributed by atoms with Crippen LogP contribution >= 0.6 is 27.5 Å². The Morgan fingerprint density at radius 2 is 2.16 bits per heavy atom. The summed E-state index contributed by atoms with van der Waals surface area (Å²) in [7, 11) is 0. The second kappa shape index (κ2) is 7.66. The number of benzene rings is 1. The first kappa shape index (κ1) is 18.1. The summed E-state index contributed by atoms with van der Waals surface area (Å²) in [5.41, 5.74) is 2.24. The maximum Gasteiger partial charge on any atom is 0.272 e. The lowest BCUT2D eigenvalue weighted by atomic mass is 10.1. The Bertz CT molecular complexity index is 792. The molecule has 1 aliphatic heterocycles. The van der Waals surface area contributed by atoms with Crippen molar-refractivity contribution in [1.29, 1.82) is 0 Å². The summed E-state index contributed by atoms with van der Waals surface area (Å²) in [4.78, 5) is 12.3. The van der Waals surface area contributed by atoms with E-state index in [0.29, 0.717) is 52.9 Å². The number of ether oxygens (including phenoxy) is 2. The second-order valence-electron chi connectivity index (χ2n) is 6.06. The van der Waals surface area contributed by atoms with E-state index < -0.39 is 0 Å². The summed E-state index contributed by atoms with van der Waals surface area (Å²) in [6, 6.07) is 3.73. The summed E-state index contributed by atoms with van der Waals surface area (Å²) in [6.45, 7) is 5.54. The molecule has 0 bridgehead atoms. The van der Waals surface area contributed by atoms with Crippen LogP contribution in [0.1, 0.15) is 41.5 Å². The molecular formula is C17H19BrClN3O3. The zero-order chi connectivity index (χ0) is 18.0. The van der Waals surface area contributed by atoms with Crippen molar-refractivity contribution in [3.63, 3.8) is 0 Å². The van der Waals surface area contributed by atoms with E-state index in [1.54, 1.807) is 0 Å². The minimum Gasteiger partial charge on any atom is -0.486 e. The highest BCUT2D eigenvalue weighted by atomic mass is 79.9. The number of fused-ring (bicyclic) bond motifs is 1.